The summed E-state index contributed by atoms with van der Waals surface area (Å²) in [4.78, 5) is 11.3. The van der Waals surface area contributed by atoms with Gasteiger partial charge in [0.2, 0.25) is 5.76 Å². The maximum Gasteiger partial charge on any atom is 0.573 e. The number of rotatable bonds is 7. The SMILES string of the molecule is CCO/C(=C\c1cccc(Cc2c(C)n(C)c3ccc(OC(F)(F)F)cc23)c1)C(=O)O. The van der Waals surface area contributed by atoms with Gasteiger partial charge in [-0.05, 0) is 61.2 Å². The van der Waals surface area contributed by atoms with Crippen LogP contribution in [0.4, 0.5) is 13.2 Å². The molecule has 0 radical (unpaired) electrons. The van der Waals surface area contributed by atoms with E-state index in [1.54, 1.807) is 25.1 Å². The van der Waals surface area contributed by atoms with Crippen LogP contribution >= 0.6 is 0 Å². The Balaban J connectivity index is 2.00. The van der Waals surface area contributed by atoms with Crippen LogP contribution in [0.3, 0.4) is 0 Å². The quantitative estimate of drug-likeness (QED) is 0.398. The number of aromatic nitrogens is 1. The third-order valence-corrected chi connectivity index (χ3v) is 4.97. The number of alkyl halides is 3. The molecule has 0 unspecified atom stereocenters. The monoisotopic (exact) mass is 433 g/mol. The molecule has 0 saturated carbocycles. The number of aliphatic carboxylic acids is 1. The Morgan fingerprint density at radius 1 is 1.19 bits per heavy atom. The number of nitrogens with zero attached hydrogens (tertiary/aromatic N) is 1. The molecule has 0 fully saturated rings. The number of carboxylic acid groups (broad SMARTS) is 1. The fourth-order valence-corrected chi connectivity index (χ4v) is 3.52. The van der Waals surface area contributed by atoms with Crippen LogP contribution < -0.4 is 4.74 Å². The molecule has 31 heavy (non-hydrogen) atoms. The fourth-order valence-electron chi connectivity index (χ4n) is 3.52. The molecule has 0 spiro atoms. The smallest absolute Gasteiger partial charge is 0.487 e. The van der Waals surface area contributed by atoms with E-state index in [0.29, 0.717) is 17.4 Å². The summed E-state index contributed by atoms with van der Waals surface area (Å²) in [5, 5.41) is 9.92. The highest BCUT2D eigenvalue weighted by Gasteiger charge is 2.31. The molecule has 164 valence electrons. The lowest BCUT2D eigenvalue weighted by molar-refractivity contribution is -0.274. The zero-order valence-corrected chi connectivity index (χ0v) is 17.3. The van der Waals surface area contributed by atoms with Gasteiger partial charge in [-0.3, -0.25) is 0 Å². The van der Waals surface area contributed by atoms with Gasteiger partial charge >= 0.3 is 12.3 Å². The van der Waals surface area contributed by atoms with Crippen LogP contribution in [0, 0.1) is 6.92 Å². The number of aryl methyl sites for hydroxylation is 1. The van der Waals surface area contributed by atoms with Crippen LogP contribution in [-0.2, 0) is 23.0 Å². The van der Waals surface area contributed by atoms with Crippen LogP contribution in [0.15, 0.2) is 48.2 Å². The lowest BCUT2D eigenvalue weighted by Crippen LogP contribution is -2.17. The third kappa shape index (κ3) is 5.20. The number of hydrogen-bond donors (Lipinski definition) is 1. The maximum absolute atomic E-state index is 12.6. The van der Waals surface area contributed by atoms with Crippen molar-refractivity contribution in [3.05, 3.63) is 70.6 Å². The third-order valence-electron chi connectivity index (χ3n) is 4.97. The predicted octanol–water partition coefficient (Wildman–Crippen LogP) is 5.44. The van der Waals surface area contributed by atoms with E-state index >= 15 is 0 Å². The topological polar surface area (TPSA) is 60.7 Å². The molecule has 2 aromatic carbocycles. The molecule has 0 aliphatic heterocycles. The van der Waals surface area contributed by atoms with Crippen molar-refractivity contribution < 1.29 is 32.5 Å². The van der Waals surface area contributed by atoms with Crippen molar-refractivity contribution in [1.82, 2.24) is 4.57 Å². The summed E-state index contributed by atoms with van der Waals surface area (Å²) < 4.78 is 49.1. The van der Waals surface area contributed by atoms with Crippen molar-refractivity contribution in [2.45, 2.75) is 26.6 Å². The molecule has 3 aromatic rings. The second-order valence-corrected chi connectivity index (χ2v) is 7.02. The number of carbonyl (C=O) groups is 1. The molecular weight excluding hydrogens is 411 g/mol. The minimum absolute atomic E-state index is 0.157. The van der Waals surface area contributed by atoms with E-state index in [4.69, 9.17) is 4.74 Å². The van der Waals surface area contributed by atoms with Gasteiger partial charge in [-0.25, -0.2) is 4.79 Å². The van der Waals surface area contributed by atoms with Gasteiger partial charge in [0.15, 0.2) is 0 Å². The molecule has 1 N–H and O–H groups in total. The lowest BCUT2D eigenvalue weighted by Gasteiger charge is -2.09. The van der Waals surface area contributed by atoms with Crippen molar-refractivity contribution in [3.63, 3.8) is 0 Å². The maximum atomic E-state index is 12.6. The normalized spacial score (nSPS) is 12.3. The molecule has 0 aliphatic rings. The summed E-state index contributed by atoms with van der Waals surface area (Å²) in [6.07, 6.45) is -2.86. The number of benzene rings is 2. The van der Waals surface area contributed by atoms with Crippen molar-refractivity contribution in [3.8, 4) is 5.75 Å². The van der Waals surface area contributed by atoms with Gasteiger partial charge in [0.25, 0.3) is 0 Å². The van der Waals surface area contributed by atoms with E-state index in [0.717, 1.165) is 22.3 Å². The van der Waals surface area contributed by atoms with Crippen LogP contribution in [0.5, 0.6) is 5.75 Å². The van der Waals surface area contributed by atoms with Gasteiger partial charge in [-0.2, -0.15) is 0 Å². The Bertz CT molecular complexity index is 1150. The minimum atomic E-state index is -4.76. The summed E-state index contributed by atoms with van der Waals surface area (Å²) in [6.45, 7) is 3.84. The molecule has 3 rings (SSSR count). The summed E-state index contributed by atoms with van der Waals surface area (Å²) in [5.74, 6) is -1.59. The predicted molar refractivity (Wildman–Crippen MR) is 111 cm³/mol. The molecule has 8 heteroatoms. The van der Waals surface area contributed by atoms with Crippen LogP contribution in [0.1, 0.15) is 29.3 Å². The molecule has 0 aliphatic carbocycles. The van der Waals surface area contributed by atoms with Gasteiger partial charge in [-0.1, -0.05) is 24.3 Å². The molecule has 1 aromatic heterocycles. The molecule has 0 saturated heterocycles. The highest BCUT2D eigenvalue weighted by atomic mass is 19.4. The summed E-state index contributed by atoms with van der Waals surface area (Å²) in [6, 6.07) is 11.6. The molecule has 0 bridgehead atoms. The van der Waals surface area contributed by atoms with Crippen LogP contribution in [0.2, 0.25) is 0 Å². The molecule has 5 nitrogen and oxygen atoms in total. The largest absolute Gasteiger partial charge is 0.573 e. The molecule has 1 heterocycles. The Labute approximate surface area is 177 Å². The lowest BCUT2D eigenvalue weighted by atomic mass is 10.00. The minimum Gasteiger partial charge on any atom is -0.487 e. The second kappa shape index (κ2) is 8.75. The van der Waals surface area contributed by atoms with Gasteiger partial charge in [0, 0.05) is 23.6 Å². The highest BCUT2D eigenvalue weighted by Crippen LogP contribution is 2.32. The number of carboxylic acids is 1. The summed E-state index contributed by atoms with van der Waals surface area (Å²) in [5.41, 5.74) is 4.12. The Morgan fingerprint density at radius 2 is 1.94 bits per heavy atom. The first-order chi connectivity index (χ1) is 14.6. The summed E-state index contributed by atoms with van der Waals surface area (Å²) >= 11 is 0. The van der Waals surface area contributed by atoms with Gasteiger partial charge < -0.3 is 19.1 Å². The van der Waals surface area contributed by atoms with Gasteiger partial charge in [-0.15, -0.1) is 13.2 Å². The fraction of sp³-hybridized carbons (Fsp3) is 0.261. The van der Waals surface area contributed by atoms with Gasteiger partial charge in [0.1, 0.15) is 5.75 Å². The van der Waals surface area contributed by atoms with Gasteiger partial charge in [0.05, 0.1) is 6.61 Å². The van der Waals surface area contributed by atoms with Crippen molar-refractivity contribution in [2.75, 3.05) is 6.61 Å². The number of halogens is 3. The molecule has 0 atom stereocenters. The molecular formula is C23H22F3NO4. The first kappa shape index (κ1) is 22.3. The van der Waals surface area contributed by atoms with Crippen molar-refractivity contribution in [2.24, 2.45) is 7.05 Å². The first-order valence-electron chi connectivity index (χ1n) is 9.59. The second-order valence-electron chi connectivity index (χ2n) is 7.02. The zero-order chi connectivity index (χ0) is 22.8. The molecule has 0 amide bonds. The van der Waals surface area contributed by atoms with Crippen molar-refractivity contribution >= 4 is 22.9 Å². The van der Waals surface area contributed by atoms with E-state index < -0.39 is 12.3 Å². The Kier molecular flexibility index (Phi) is 6.29. The Morgan fingerprint density at radius 3 is 2.58 bits per heavy atom. The number of hydrogen-bond acceptors (Lipinski definition) is 3. The van der Waals surface area contributed by atoms with E-state index in [1.807, 2.05) is 30.7 Å². The number of ether oxygens (including phenoxy) is 2. The zero-order valence-electron chi connectivity index (χ0n) is 17.3. The van der Waals surface area contributed by atoms with Crippen molar-refractivity contribution in [1.29, 1.82) is 0 Å². The van der Waals surface area contributed by atoms with E-state index in [9.17, 15) is 23.1 Å². The van der Waals surface area contributed by atoms with Crippen LogP contribution in [0.25, 0.3) is 17.0 Å². The highest BCUT2D eigenvalue weighted by molar-refractivity contribution is 5.90. The number of fused-ring (bicyclic) bond motifs is 1. The van der Waals surface area contributed by atoms with E-state index in [-0.39, 0.29) is 18.1 Å². The van der Waals surface area contributed by atoms with E-state index in [2.05, 4.69) is 4.74 Å². The summed E-state index contributed by atoms with van der Waals surface area (Å²) in [7, 11) is 1.85. The van der Waals surface area contributed by atoms with Crippen LogP contribution in [-0.4, -0.2) is 28.6 Å². The van der Waals surface area contributed by atoms with E-state index in [1.165, 1.54) is 18.2 Å². The standard InChI is InChI=1S/C23H22F3NO4/c1-4-30-21(22(28)29)12-16-7-5-6-15(10-16)11-18-14(2)27(3)20-9-8-17(13-19(18)20)31-23(24,25)26/h5-10,12-13H,4,11H2,1-3H3,(H,28,29)/b21-12-. The average molecular weight is 433 g/mol. The first-order valence-corrected chi connectivity index (χ1v) is 9.59. The Hall–Kier alpha value is -3.42. The average Bonchev–Trinajstić information content (AvgIpc) is 2.91.